The minimum Gasteiger partial charge on any atom is -0.314 e. The van der Waals surface area contributed by atoms with Gasteiger partial charge in [-0.25, -0.2) is 0 Å². The van der Waals surface area contributed by atoms with E-state index in [-0.39, 0.29) is 0 Å². The molecule has 2 heterocycles. The molecule has 2 bridgehead atoms. The maximum absolute atomic E-state index is 3.77. The summed E-state index contributed by atoms with van der Waals surface area (Å²) in [5.74, 6) is 1.05. The molecule has 2 heteroatoms. The fraction of sp³-hybridized carbons (Fsp3) is 1.00. The summed E-state index contributed by atoms with van der Waals surface area (Å²) < 4.78 is 0. The summed E-state index contributed by atoms with van der Waals surface area (Å²) in [6.45, 7) is 4.90. The van der Waals surface area contributed by atoms with E-state index in [2.05, 4.69) is 17.1 Å². The quantitative estimate of drug-likeness (QED) is 0.791. The second kappa shape index (κ2) is 7.26. The van der Waals surface area contributed by atoms with Crippen LogP contribution < -0.4 is 5.32 Å². The van der Waals surface area contributed by atoms with Crippen molar-refractivity contribution in [1.82, 2.24) is 10.2 Å². The van der Waals surface area contributed by atoms with E-state index >= 15 is 0 Å². The van der Waals surface area contributed by atoms with Gasteiger partial charge in [0.2, 0.25) is 0 Å². The maximum atomic E-state index is 3.77. The van der Waals surface area contributed by atoms with Crippen molar-refractivity contribution in [3.8, 4) is 0 Å². The lowest BCUT2D eigenvalue weighted by Gasteiger charge is -2.40. The molecular weight excluding hydrogens is 244 g/mol. The highest BCUT2D eigenvalue weighted by molar-refractivity contribution is 4.97. The van der Waals surface area contributed by atoms with E-state index in [9.17, 15) is 0 Å². The average Bonchev–Trinajstić information content (AvgIpc) is 2.73. The normalized spacial score (nSPS) is 35.5. The highest BCUT2D eigenvalue weighted by Gasteiger charge is 2.40. The molecule has 116 valence electrons. The lowest BCUT2D eigenvalue weighted by molar-refractivity contribution is 0.106. The average molecular weight is 278 g/mol. The Morgan fingerprint density at radius 1 is 0.950 bits per heavy atom. The Balaban J connectivity index is 1.44. The van der Waals surface area contributed by atoms with Crippen molar-refractivity contribution in [2.24, 2.45) is 5.92 Å². The molecule has 0 aromatic heterocycles. The van der Waals surface area contributed by atoms with Crippen LogP contribution in [-0.4, -0.2) is 36.1 Å². The number of hydrogen-bond acceptors (Lipinski definition) is 2. The minimum absolute atomic E-state index is 0.818. The van der Waals surface area contributed by atoms with Gasteiger partial charge in [-0.3, -0.25) is 4.90 Å². The van der Waals surface area contributed by atoms with Crippen LogP contribution >= 0.6 is 0 Å². The first-order chi connectivity index (χ1) is 9.86. The van der Waals surface area contributed by atoms with E-state index in [1.54, 1.807) is 0 Å². The summed E-state index contributed by atoms with van der Waals surface area (Å²) in [6.07, 6.45) is 16.1. The molecule has 3 rings (SSSR count). The van der Waals surface area contributed by atoms with E-state index < -0.39 is 0 Å². The number of rotatable bonds is 6. The zero-order chi connectivity index (χ0) is 13.8. The van der Waals surface area contributed by atoms with Crippen LogP contribution in [0, 0.1) is 5.92 Å². The summed E-state index contributed by atoms with van der Waals surface area (Å²) >= 11 is 0. The van der Waals surface area contributed by atoms with Gasteiger partial charge in [-0.15, -0.1) is 0 Å². The zero-order valence-corrected chi connectivity index (χ0v) is 13.4. The van der Waals surface area contributed by atoms with Crippen molar-refractivity contribution in [1.29, 1.82) is 0 Å². The SMILES string of the molecule is CCCNC1CC2CCC(C1)N2CCC1CCCCC1. The van der Waals surface area contributed by atoms with Crippen molar-refractivity contribution in [2.75, 3.05) is 13.1 Å². The van der Waals surface area contributed by atoms with E-state index in [1.807, 2.05) is 0 Å². The first-order valence-electron chi connectivity index (χ1n) is 9.36. The molecule has 2 atom stereocenters. The number of fused-ring (bicyclic) bond motifs is 2. The monoisotopic (exact) mass is 278 g/mol. The second-order valence-corrected chi connectivity index (χ2v) is 7.54. The lowest BCUT2D eigenvalue weighted by Crippen LogP contribution is -2.49. The van der Waals surface area contributed by atoms with Crippen LogP contribution in [-0.2, 0) is 0 Å². The van der Waals surface area contributed by atoms with E-state index in [0.717, 1.165) is 24.0 Å². The highest BCUT2D eigenvalue weighted by Crippen LogP contribution is 2.37. The number of piperidine rings is 1. The predicted octanol–water partition coefficient (Wildman–Crippen LogP) is 3.95. The third-order valence-electron chi connectivity index (χ3n) is 6.09. The fourth-order valence-corrected chi connectivity index (χ4v) is 4.96. The molecule has 3 aliphatic rings. The Labute approximate surface area is 125 Å². The minimum atomic E-state index is 0.818. The first kappa shape index (κ1) is 14.8. The van der Waals surface area contributed by atoms with Crippen LogP contribution in [0.4, 0.5) is 0 Å². The van der Waals surface area contributed by atoms with Crippen molar-refractivity contribution in [2.45, 2.75) is 95.7 Å². The number of nitrogens with zero attached hydrogens (tertiary/aromatic N) is 1. The van der Waals surface area contributed by atoms with Crippen molar-refractivity contribution < 1.29 is 0 Å². The molecule has 0 aromatic carbocycles. The summed E-state index contributed by atoms with van der Waals surface area (Å²) in [5.41, 5.74) is 0. The van der Waals surface area contributed by atoms with Crippen LogP contribution in [0.25, 0.3) is 0 Å². The standard InChI is InChI=1S/C18H34N2/c1-2-11-19-16-13-17-8-9-18(14-16)20(17)12-10-15-6-4-3-5-7-15/h15-19H,2-14H2,1H3. The first-order valence-corrected chi connectivity index (χ1v) is 9.36. The molecule has 2 unspecified atom stereocenters. The summed E-state index contributed by atoms with van der Waals surface area (Å²) in [5, 5.41) is 3.77. The molecule has 2 saturated heterocycles. The smallest absolute Gasteiger partial charge is 0.0114 e. The molecule has 2 aliphatic heterocycles. The van der Waals surface area contributed by atoms with Crippen LogP contribution in [0.3, 0.4) is 0 Å². The van der Waals surface area contributed by atoms with Gasteiger partial charge in [-0.1, -0.05) is 39.0 Å². The van der Waals surface area contributed by atoms with Crippen molar-refractivity contribution >= 4 is 0 Å². The van der Waals surface area contributed by atoms with E-state index in [1.165, 1.54) is 83.7 Å². The maximum Gasteiger partial charge on any atom is 0.0114 e. The lowest BCUT2D eigenvalue weighted by atomic mass is 9.86. The third-order valence-corrected chi connectivity index (χ3v) is 6.09. The largest absolute Gasteiger partial charge is 0.314 e. The molecule has 2 nitrogen and oxygen atoms in total. The second-order valence-electron chi connectivity index (χ2n) is 7.54. The van der Waals surface area contributed by atoms with Gasteiger partial charge >= 0.3 is 0 Å². The van der Waals surface area contributed by atoms with Gasteiger partial charge in [0.1, 0.15) is 0 Å². The van der Waals surface area contributed by atoms with Gasteiger partial charge in [-0.05, 0) is 57.5 Å². The molecule has 0 radical (unpaired) electrons. The predicted molar refractivity (Wildman–Crippen MR) is 86.0 cm³/mol. The van der Waals surface area contributed by atoms with Gasteiger partial charge in [0, 0.05) is 18.1 Å². The molecule has 0 aromatic rings. The Kier molecular flexibility index (Phi) is 5.39. The highest BCUT2D eigenvalue weighted by atomic mass is 15.2. The number of nitrogens with one attached hydrogen (secondary N) is 1. The molecular formula is C18H34N2. The summed E-state index contributed by atoms with van der Waals surface area (Å²) in [4.78, 5) is 2.90. The van der Waals surface area contributed by atoms with Gasteiger partial charge in [0.05, 0.1) is 0 Å². The fourth-order valence-electron chi connectivity index (χ4n) is 4.96. The molecule has 1 saturated carbocycles. The van der Waals surface area contributed by atoms with Crippen LogP contribution in [0.2, 0.25) is 0 Å². The summed E-state index contributed by atoms with van der Waals surface area (Å²) in [7, 11) is 0. The van der Waals surface area contributed by atoms with E-state index in [4.69, 9.17) is 0 Å². The number of hydrogen-bond donors (Lipinski definition) is 1. The third kappa shape index (κ3) is 3.57. The van der Waals surface area contributed by atoms with Crippen molar-refractivity contribution in [3.05, 3.63) is 0 Å². The van der Waals surface area contributed by atoms with Gasteiger partial charge in [0.15, 0.2) is 0 Å². The van der Waals surface area contributed by atoms with Crippen LogP contribution in [0.5, 0.6) is 0 Å². The van der Waals surface area contributed by atoms with E-state index in [0.29, 0.717) is 0 Å². The molecule has 20 heavy (non-hydrogen) atoms. The van der Waals surface area contributed by atoms with Gasteiger partial charge in [-0.2, -0.15) is 0 Å². The van der Waals surface area contributed by atoms with Crippen LogP contribution in [0.1, 0.15) is 77.6 Å². The van der Waals surface area contributed by atoms with Crippen molar-refractivity contribution in [3.63, 3.8) is 0 Å². The Hall–Kier alpha value is -0.0800. The molecule has 3 fully saturated rings. The Morgan fingerprint density at radius 2 is 1.65 bits per heavy atom. The Bertz CT molecular complexity index is 271. The Morgan fingerprint density at radius 3 is 2.30 bits per heavy atom. The molecule has 0 amide bonds. The zero-order valence-electron chi connectivity index (χ0n) is 13.4. The summed E-state index contributed by atoms with van der Waals surface area (Å²) in [6, 6.07) is 2.64. The molecule has 1 aliphatic carbocycles. The molecule has 0 spiro atoms. The van der Waals surface area contributed by atoms with Crippen LogP contribution in [0.15, 0.2) is 0 Å². The molecule has 1 N–H and O–H groups in total. The topological polar surface area (TPSA) is 15.3 Å². The van der Waals surface area contributed by atoms with Gasteiger partial charge < -0.3 is 5.32 Å². The van der Waals surface area contributed by atoms with Gasteiger partial charge in [0.25, 0.3) is 0 Å².